The van der Waals surface area contributed by atoms with Crippen LogP contribution in [-0.2, 0) is 9.47 Å². The summed E-state index contributed by atoms with van der Waals surface area (Å²) in [6.07, 6.45) is 2.43. The third-order valence-electron chi connectivity index (χ3n) is 3.44. The molecule has 1 aromatic rings. The van der Waals surface area contributed by atoms with Crippen molar-refractivity contribution in [3.63, 3.8) is 0 Å². The Kier molecular flexibility index (Phi) is 4.77. The maximum Gasteiger partial charge on any atom is 0.339 e. The Morgan fingerprint density at radius 3 is 1.60 bits per heavy atom. The van der Waals surface area contributed by atoms with E-state index in [1.807, 2.05) is 13.8 Å². The first kappa shape index (κ1) is 14.6. The number of carbonyl (C=O) groups excluding carboxylic acids is 2. The van der Waals surface area contributed by atoms with Crippen LogP contribution in [-0.4, -0.2) is 24.1 Å². The Hall–Kier alpha value is -1.84. The molecule has 0 saturated heterocycles. The van der Waals surface area contributed by atoms with E-state index in [1.54, 1.807) is 24.3 Å². The molecule has 0 N–H and O–H groups in total. The monoisotopic (exact) mass is 276 g/mol. The van der Waals surface area contributed by atoms with Crippen molar-refractivity contribution in [3.8, 4) is 0 Å². The first-order valence-corrected chi connectivity index (χ1v) is 7.18. The number of carbonyl (C=O) groups is 2. The van der Waals surface area contributed by atoms with Crippen molar-refractivity contribution in [1.82, 2.24) is 0 Å². The maximum atomic E-state index is 12.2. The molecule has 4 nitrogen and oxygen atoms in total. The molecule has 0 saturated carbocycles. The number of ether oxygens (including phenoxy) is 2. The van der Waals surface area contributed by atoms with E-state index >= 15 is 0 Å². The zero-order valence-electron chi connectivity index (χ0n) is 11.9. The van der Waals surface area contributed by atoms with Crippen LogP contribution in [0, 0.1) is 0 Å². The molecule has 4 heteroatoms. The first-order chi connectivity index (χ1) is 9.67. The molecule has 0 radical (unpaired) electrons. The molecule has 0 amide bonds. The Labute approximate surface area is 119 Å². The summed E-state index contributed by atoms with van der Waals surface area (Å²) in [5, 5.41) is 0. The normalized spacial score (nSPS) is 22.3. The molecular formula is C16H20O4. The van der Waals surface area contributed by atoms with Crippen LogP contribution in [0.15, 0.2) is 24.3 Å². The van der Waals surface area contributed by atoms with Crippen LogP contribution in [0.5, 0.6) is 0 Å². The average Bonchev–Trinajstić information content (AvgIpc) is 2.45. The van der Waals surface area contributed by atoms with Crippen molar-refractivity contribution in [3.05, 3.63) is 35.4 Å². The average molecular weight is 276 g/mol. The van der Waals surface area contributed by atoms with E-state index in [4.69, 9.17) is 9.47 Å². The van der Waals surface area contributed by atoms with Crippen LogP contribution in [0.4, 0.5) is 0 Å². The van der Waals surface area contributed by atoms with Gasteiger partial charge in [0.15, 0.2) is 0 Å². The quantitative estimate of drug-likeness (QED) is 0.791. The van der Waals surface area contributed by atoms with Crippen LogP contribution < -0.4 is 0 Å². The lowest BCUT2D eigenvalue weighted by atomic mass is 10.0. The van der Waals surface area contributed by atoms with Gasteiger partial charge in [0, 0.05) is 0 Å². The van der Waals surface area contributed by atoms with E-state index in [1.165, 1.54) is 0 Å². The molecule has 20 heavy (non-hydrogen) atoms. The Balaban J connectivity index is 2.35. The fourth-order valence-electron chi connectivity index (χ4n) is 2.45. The molecule has 1 aliphatic heterocycles. The molecule has 108 valence electrons. The summed E-state index contributed by atoms with van der Waals surface area (Å²) in [7, 11) is 0. The number of cyclic esters (lactones) is 2. The third-order valence-corrected chi connectivity index (χ3v) is 3.44. The lowest BCUT2D eigenvalue weighted by Gasteiger charge is -2.29. The molecule has 2 atom stereocenters. The summed E-state index contributed by atoms with van der Waals surface area (Å²) < 4.78 is 11.1. The minimum absolute atomic E-state index is 0.286. The van der Waals surface area contributed by atoms with E-state index in [2.05, 4.69) is 0 Å². The van der Waals surface area contributed by atoms with Gasteiger partial charge in [-0.2, -0.15) is 0 Å². The predicted molar refractivity (Wildman–Crippen MR) is 74.7 cm³/mol. The summed E-state index contributed by atoms with van der Waals surface area (Å²) in [5.41, 5.74) is 0.571. The van der Waals surface area contributed by atoms with Gasteiger partial charge in [0.1, 0.15) is 12.2 Å². The lowest BCUT2D eigenvalue weighted by Crippen LogP contribution is -2.38. The molecule has 0 aliphatic carbocycles. The molecule has 1 aromatic carbocycles. The highest BCUT2D eigenvalue weighted by molar-refractivity contribution is 6.03. The minimum atomic E-state index is -0.434. The van der Waals surface area contributed by atoms with Gasteiger partial charge in [0.2, 0.25) is 0 Å². The zero-order valence-corrected chi connectivity index (χ0v) is 11.9. The van der Waals surface area contributed by atoms with Gasteiger partial charge < -0.3 is 9.47 Å². The number of fused-ring (bicyclic) bond motifs is 1. The van der Waals surface area contributed by atoms with Gasteiger partial charge in [0.25, 0.3) is 0 Å². The van der Waals surface area contributed by atoms with Crippen molar-refractivity contribution in [2.45, 2.75) is 51.7 Å². The van der Waals surface area contributed by atoms with E-state index in [-0.39, 0.29) is 23.3 Å². The number of benzene rings is 1. The molecule has 0 bridgehead atoms. The van der Waals surface area contributed by atoms with Crippen LogP contribution in [0.1, 0.15) is 60.2 Å². The van der Waals surface area contributed by atoms with Gasteiger partial charge in [-0.1, -0.05) is 38.8 Å². The van der Waals surface area contributed by atoms with Crippen LogP contribution in [0.2, 0.25) is 0 Å². The van der Waals surface area contributed by atoms with Crippen LogP contribution in [0.3, 0.4) is 0 Å². The second-order valence-corrected chi connectivity index (χ2v) is 5.01. The van der Waals surface area contributed by atoms with E-state index in [0.29, 0.717) is 12.8 Å². The molecular weight excluding hydrogens is 256 g/mol. The first-order valence-electron chi connectivity index (χ1n) is 7.18. The smallest absolute Gasteiger partial charge is 0.339 e. The van der Waals surface area contributed by atoms with Gasteiger partial charge >= 0.3 is 11.9 Å². The summed E-state index contributed by atoms with van der Waals surface area (Å²) in [6, 6.07) is 6.63. The standard InChI is InChI=1S/C16H20O4/c1-3-7-13-14(8-4-2)20-16(18)12-10-6-5-9-11(12)15(17)19-13/h5-6,9-10,13-14H,3-4,7-8H2,1-2H3. The molecule has 0 spiro atoms. The van der Waals surface area contributed by atoms with Gasteiger partial charge in [-0.05, 0) is 25.0 Å². The maximum absolute atomic E-state index is 12.2. The van der Waals surface area contributed by atoms with E-state index in [9.17, 15) is 9.59 Å². The van der Waals surface area contributed by atoms with Crippen molar-refractivity contribution in [2.75, 3.05) is 0 Å². The molecule has 1 aliphatic rings. The SMILES string of the molecule is CCCC1OC(=O)c2ccccc2C(=O)OC1CCC. The predicted octanol–water partition coefficient (Wildman–Crippen LogP) is 3.35. The van der Waals surface area contributed by atoms with Crippen molar-refractivity contribution < 1.29 is 19.1 Å². The van der Waals surface area contributed by atoms with E-state index < -0.39 is 11.9 Å². The van der Waals surface area contributed by atoms with Gasteiger partial charge in [-0.25, -0.2) is 9.59 Å². The highest BCUT2D eigenvalue weighted by Gasteiger charge is 2.33. The second-order valence-electron chi connectivity index (χ2n) is 5.01. The highest BCUT2D eigenvalue weighted by Crippen LogP contribution is 2.24. The number of hydrogen-bond acceptors (Lipinski definition) is 4. The van der Waals surface area contributed by atoms with Crippen molar-refractivity contribution >= 4 is 11.9 Å². The number of rotatable bonds is 4. The van der Waals surface area contributed by atoms with Crippen LogP contribution in [0.25, 0.3) is 0 Å². The molecule has 2 unspecified atom stereocenters. The molecule has 1 heterocycles. The Morgan fingerprint density at radius 2 is 1.25 bits per heavy atom. The Morgan fingerprint density at radius 1 is 0.850 bits per heavy atom. The summed E-state index contributed by atoms with van der Waals surface area (Å²) in [6.45, 7) is 4.04. The summed E-state index contributed by atoms with van der Waals surface area (Å²) >= 11 is 0. The summed E-state index contributed by atoms with van der Waals surface area (Å²) in [5.74, 6) is -0.867. The minimum Gasteiger partial charge on any atom is -0.455 e. The fourth-order valence-corrected chi connectivity index (χ4v) is 2.45. The lowest BCUT2D eigenvalue weighted by molar-refractivity contribution is -0.0449. The second kappa shape index (κ2) is 6.55. The van der Waals surface area contributed by atoms with Gasteiger partial charge in [-0.15, -0.1) is 0 Å². The van der Waals surface area contributed by atoms with E-state index in [0.717, 1.165) is 12.8 Å². The summed E-state index contributed by atoms with van der Waals surface area (Å²) in [4.78, 5) is 24.4. The molecule has 0 aromatic heterocycles. The van der Waals surface area contributed by atoms with Crippen LogP contribution >= 0.6 is 0 Å². The molecule has 2 rings (SSSR count). The largest absolute Gasteiger partial charge is 0.455 e. The fraction of sp³-hybridized carbons (Fsp3) is 0.500. The van der Waals surface area contributed by atoms with Gasteiger partial charge in [0.05, 0.1) is 11.1 Å². The number of esters is 2. The van der Waals surface area contributed by atoms with Gasteiger partial charge in [-0.3, -0.25) is 0 Å². The topological polar surface area (TPSA) is 52.6 Å². The third kappa shape index (κ3) is 3.00. The highest BCUT2D eigenvalue weighted by atomic mass is 16.6. The Bertz CT molecular complexity index is 450. The number of hydrogen-bond donors (Lipinski definition) is 0. The van der Waals surface area contributed by atoms with Crippen molar-refractivity contribution in [2.24, 2.45) is 0 Å². The molecule has 0 fully saturated rings. The van der Waals surface area contributed by atoms with Crippen molar-refractivity contribution in [1.29, 1.82) is 0 Å². The zero-order chi connectivity index (χ0) is 14.5.